The van der Waals surface area contributed by atoms with Crippen molar-refractivity contribution in [3.8, 4) is 140 Å². The Labute approximate surface area is 561 Å². The molecule has 98 heavy (non-hydrogen) atoms. The Bertz CT molecular complexity index is 4030. The summed E-state index contributed by atoms with van der Waals surface area (Å²) in [5.41, 5.74) is 0.661. The number of fused-ring (bicyclic) bond motifs is 1. The number of carboxylic acids is 1. The molecule has 0 fully saturated rings. The number of halogens is 24. The van der Waals surface area contributed by atoms with Crippen LogP contribution in [0.1, 0.15) is 32.0 Å². The number of terminal acetylenes is 5. The predicted molar refractivity (Wildman–Crippen MR) is 328 cm³/mol. The molecule has 0 aliphatic carbocycles. The second-order valence-electron chi connectivity index (χ2n) is 16.4. The van der Waals surface area contributed by atoms with Gasteiger partial charge in [-0.1, -0.05) is 72.4 Å². The van der Waals surface area contributed by atoms with Gasteiger partial charge in [-0.2, -0.15) is 105 Å². The van der Waals surface area contributed by atoms with Crippen LogP contribution in [0.15, 0.2) is 170 Å². The molecule has 0 unspecified atom stereocenters. The average molecular weight is 1490 g/mol. The third-order valence-electron chi connectivity index (χ3n) is 9.46. The molecule has 0 spiro atoms. The van der Waals surface area contributed by atoms with Gasteiger partial charge in [0.25, 0.3) is 0 Å². The van der Waals surface area contributed by atoms with E-state index in [2.05, 4.69) is 181 Å². The van der Waals surface area contributed by atoms with E-state index in [-0.39, 0.29) is 33.5 Å². The Morgan fingerprint density at radius 3 is 0.878 bits per heavy atom. The first-order chi connectivity index (χ1) is 45.3. The van der Waals surface area contributed by atoms with Gasteiger partial charge >= 0.3 is 175 Å². The maximum Gasteiger partial charge on any atom is 0.487 e. The largest absolute Gasteiger partial charge is 0.487 e. The van der Waals surface area contributed by atoms with Gasteiger partial charge in [0.15, 0.2) is 20.5 Å². The monoisotopic (exact) mass is 1490 g/mol. The molecule has 0 saturated carbocycles. The van der Waals surface area contributed by atoms with Crippen molar-refractivity contribution in [3.05, 3.63) is 162 Å². The molecule has 0 aromatic heterocycles. The zero-order valence-corrected chi connectivity index (χ0v) is 52.0. The number of hydrogen-bond donors (Lipinski definition) is 1. The second kappa shape index (κ2) is 41.1. The van der Waals surface area contributed by atoms with E-state index in [9.17, 15) is 120 Å². The molecule has 0 aliphatic rings. The number of alkyl halides is 24. The zero-order valence-electron chi connectivity index (χ0n) is 48.0. The molecule has 1 N–H and O–H groups in total. The molecule has 0 bridgehead atoms. The Morgan fingerprint density at radius 2 is 0.602 bits per heavy atom. The van der Waals surface area contributed by atoms with Gasteiger partial charge in [-0.3, -0.25) is 4.79 Å². The van der Waals surface area contributed by atoms with Gasteiger partial charge in [-0.05, 0) is 119 Å². The SMILES string of the molecule is C#CC#CC#C.C#CC#CC#[C][Ga]([C]#CC#CC#C)[C]#CC#CC#C.FC(F)(F)C(F)(F)F.FC(F)(F)C(F)(F)F.FC(F)(F)C(F)(F)F.FC(F)(F)C(F)(F)F.O=C(O)c1cc2ccccc2cc1C(=O)c1ccc(Sc2ccc([S+](c3ccccc3)c3ccccc3)cc2)cc1.[HH].[HH].[HH].[HH]. The first-order valence-corrected chi connectivity index (χ1v) is 30.4. The molecule has 6 rings (SSSR count). The van der Waals surface area contributed by atoms with Crippen molar-refractivity contribution in [2.75, 3.05) is 0 Å². The van der Waals surface area contributed by atoms with E-state index in [1.807, 2.05) is 48.5 Å². The van der Waals surface area contributed by atoms with Gasteiger partial charge in [-0.15, -0.1) is 12.8 Å². The van der Waals surface area contributed by atoms with E-state index in [1.54, 1.807) is 36.0 Å². The number of carboxylic acid groups (broad SMARTS) is 1. The van der Waals surface area contributed by atoms with E-state index >= 15 is 0 Å². The van der Waals surface area contributed by atoms with Gasteiger partial charge < -0.3 is 5.11 Å². The van der Waals surface area contributed by atoms with Crippen molar-refractivity contribution in [2.45, 2.75) is 73.9 Å². The molecule has 0 saturated heterocycles. The fourth-order valence-corrected chi connectivity index (χ4v) is 10.2. The Hall–Kier alpha value is -10.9. The van der Waals surface area contributed by atoms with Crippen LogP contribution in [0.5, 0.6) is 0 Å². The van der Waals surface area contributed by atoms with E-state index in [0.717, 1.165) is 20.6 Å². The number of ketones is 1. The normalized spacial score (nSPS) is 10.3. The summed E-state index contributed by atoms with van der Waals surface area (Å²) in [5, 5.41) is 11.4. The molecule has 510 valence electrons. The van der Waals surface area contributed by atoms with Crippen LogP contribution in [-0.2, 0) is 10.9 Å². The number of benzene rings is 6. The summed E-state index contributed by atoms with van der Waals surface area (Å²) >= 11 is -0.828. The molecule has 6 aromatic carbocycles. The van der Waals surface area contributed by atoms with E-state index in [4.69, 9.17) is 32.1 Å². The van der Waals surface area contributed by atoms with Crippen molar-refractivity contribution in [1.29, 1.82) is 0 Å². The van der Waals surface area contributed by atoms with Crippen LogP contribution in [0, 0.1) is 140 Å². The van der Waals surface area contributed by atoms with Crippen LogP contribution in [0.2, 0.25) is 0 Å². The quantitative estimate of drug-likeness (QED) is 0.0542. The molecule has 6 aromatic rings. The molecule has 0 amide bonds. The van der Waals surface area contributed by atoms with Crippen LogP contribution in [0.4, 0.5) is 105 Å². The van der Waals surface area contributed by atoms with Crippen molar-refractivity contribution in [1.82, 2.24) is 0 Å². The maximum absolute atomic E-state index is 13.4. The molecule has 0 radical (unpaired) electrons. The topological polar surface area (TPSA) is 54.4 Å². The summed E-state index contributed by atoms with van der Waals surface area (Å²) in [4.78, 5) is 31.2. The minimum Gasteiger partial charge on any atom is -0.478 e. The number of rotatable bonds is 8. The maximum atomic E-state index is 13.4. The van der Waals surface area contributed by atoms with Crippen LogP contribution in [0.3, 0.4) is 0 Å². The minimum absolute atomic E-state index is 0. The van der Waals surface area contributed by atoms with Crippen LogP contribution < -0.4 is 0 Å². The number of hydrogen-bond acceptors (Lipinski definition) is 3. The standard InChI is InChI=1S/C36H24O3S2.C6H2.3C6H.4C2F6.Ga.4H2/c37-35(33-23-26-9-7-8-10-27(26)24-34(33)36(38)39)25-15-17-28(18-16-25)40-29-19-21-32(22-20-29)41(30-11-3-1-4-12-30)31-13-5-2-6-14-31;4*1-3-5-6-4-2;4*3-1(4,5)2(6,7)8;;;;;/h1-24H;1-2H;3*1H;;;;;;4*1H/p+1. The third-order valence-corrected chi connectivity index (χ3v) is 15.4. The van der Waals surface area contributed by atoms with Crippen LogP contribution in [-0.4, -0.2) is 82.5 Å². The molecule has 3 nitrogen and oxygen atoms in total. The molecule has 0 aliphatic heterocycles. The third kappa shape index (κ3) is 34.0. The first-order valence-electron chi connectivity index (χ1n) is 24.7. The first kappa shape index (κ1) is 87.1. The molecule has 30 heteroatoms. The Balaban J connectivity index is -0.000000427. The van der Waals surface area contributed by atoms with E-state index in [0.29, 0.717) is 5.56 Å². The number of aromatic carboxylic acids is 1. The number of carbonyl (C=O) groups excluding carboxylic acids is 1. The van der Waals surface area contributed by atoms with E-state index in [1.165, 1.54) is 14.7 Å². The fraction of sp³-hybridized carbons (Fsp3) is 0.118. The summed E-state index contributed by atoms with van der Waals surface area (Å²) in [6.45, 7) is 0. The summed E-state index contributed by atoms with van der Waals surface area (Å²) < 4.78 is 259. The average Bonchev–Trinajstić information content (AvgIpc) is 0.794. The number of carbonyl (C=O) groups is 2. The smallest absolute Gasteiger partial charge is 0.478 e. The predicted octanol–water partition coefficient (Wildman–Crippen LogP) is 18.7. The van der Waals surface area contributed by atoms with Gasteiger partial charge in [0.1, 0.15) is 0 Å². The summed E-state index contributed by atoms with van der Waals surface area (Å²) in [5.74, 6) is 36.2. The van der Waals surface area contributed by atoms with Crippen molar-refractivity contribution in [2.24, 2.45) is 0 Å². The van der Waals surface area contributed by atoms with Crippen molar-refractivity contribution >= 4 is 61.4 Å². The molecule has 0 atom stereocenters. The van der Waals surface area contributed by atoms with Crippen LogP contribution >= 0.6 is 11.8 Å². The minimum atomic E-state index is -6.06. The summed E-state index contributed by atoms with van der Waals surface area (Å²) in [6, 6.07) is 47.8. The zero-order chi connectivity index (χ0) is 75.2. The van der Waals surface area contributed by atoms with Gasteiger partial charge in [0, 0.05) is 26.6 Å². The fourth-order valence-electron chi connectivity index (χ4n) is 5.44. The summed E-state index contributed by atoms with van der Waals surface area (Å²) in [6.07, 6.45) is -24.2. The molecular formula is C68H38F24GaO3S2+. The van der Waals surface area contributed by atoms with Crippen molar-refractivity contribution < 1.29 is 126 Å². The Morgan fingerprint density at radius 1 is 0.347 bits per heavy atom. The van der Waals surface area contributed by atoms with Crippen molar-refractivity contribution in [3.63, 3.8) is 0 Å². The summed E-state index contributed by atoms with van der Waals surface area (Å²) in [7, 11) is -0.199. The van der Waals surface area contributed by atoms with Gasteiger partial charge in [0.05, 0.1) is 16.5 Å². The molecule has 0 heterocycles. The second-order valence-corrected chi connectivity index (χ2v) is 23.2. The van der Waals surface area contributed by atoms with Gasteiger partial charge in [-0.25, -0.2) is 4.79 Å². The van der Waals surface area contributed by atoms with Gasteiger partial charge in [0.2, 0.25) is 0 Å². The van der Waals surface area contributed by atoms with E-state index < -0.39 is 71.6 Å². The van der Waals surface area contributed by atoms with Crippen LogP contribution in [0.25, 0.3) is 10.8 Å². The molecular weight excluding hydrogens is 1450 g/mol. The Kier molecular flexibility index (Phi) is 36.6.